The highest BCUT2D eigenvalue weighted by atomic mass is 16.5. The molecule has 0 aromatic carbocycles. The third-order valence-electron chi connectivity index (χ3n) is 2.21. The smallest absolute Gasteiger partial charge is 0.333 e. The first-order valence-electron chi connectivity index (χ1n) is 4.98. The molecule has 0 aromatic heterocycles. The Morgan fingerprint density at radius 2 is 1.82 bits per heavy atom. The Morgan fingerprint density at radius 1 is 1.24 bits per heavy atom. The molecule has 0 heterocycles. The Bertz CT molecular complexity index is 320. The number of carboxylic acids is 1. The van der Waals surface area contributed by atoms with Crippen molar-refractivity contribution in [2.45, 2.75) is 19.3 Å². The molecule has 1 atom stereocenters. The van der Waals surface area contributed by atoms with Crippen LogP contribution >= 0.6 is 0 Å². The van der Waals surface area contributed by atoms with E-state index >= 15 is 0 Å². The van der Waals surface area contributed by atoms with E-state index in [1.807, 2.05) is 0 Å². The zero-order valence-corrected chi connectivity index (χ0v) is 9.89. The predicted molar refractivity (Wildman–Crippen MR) is 58.1 cm³/mol. The maximum absolute atomic E-state index is 11.4. The van der Waals surface area contributed by atoms with Crippen molar-refractivity contribution >= 4 is 17.9 Å². The van der Waals surface area contributed by atoms with Crippen molar-refractivity contribution in [2.75, 3.05) is 14.2 Å². The maximum Gasteiger partial charge on any atom is 0.333 e. The number of carbonyl (C=O) groups is 3. The van der Waals surface area contributed by atoms with E-state index < -0.39 is 23.8 Å². The van der Waals surface area contributed by atoms with Gasteiger partial charge in [0.05, 0.1) is 20.1 Å². The molecule has 0 saturated carbocycles. The molecule has 0 radical (unpaired) electrons. The van der Waals surface area contributed by atoms with Gasteiger partial charge in [-0.25, -0.2) is 4.79 Å². The SMILES string of the molecule is C=C(CC(CCC(=O)O)C(=O)OC)C(=O)OC. The monoisotopic (exact) mass is 244 g/mol. The van der Waals surface area contributed by atoms with Gasteiger partial charge in [-0.15, -0.1) is 0 Å². The second-order valence-electron chi connectivity index (χ2n) is 3.45. The summed E-state index contributed by atoms with van der Waals surface area (Å²) in [6.07, 6.45) is -0.0428. The highest BCUT2D eigenvalue weighted by Gasteiger charge is 2.23. The maximum atomic E-state index is 11.4. The van der Waals surface area contributed by atoms with Gasteiger partial charge in [0, 0.05) is 12.0 Å². The van der Waals surface area contributed by atoms with E-state index in [1.165, 1.54) is 14.2 Å². The van der Waals surface area contributed by atoms with Crippen LogP contribution in [0, 0.1) is 5.92 Å². The van der Waals surface area contributed by atoms with E-state index in [-0.39, 0.29) is 24.8 Å². The molecule has 0 bridgehead atoms. The van der Waals surface area contributed by atoms with Crippen LogP contribution in [0.3, 0.4) is 0 Å². The number of carbonyl (C=O) groups excluding carboxylic acids is 2. The van der Waals surface area contributed by atoms with Crippen molar-refractivity contribution in [3.05, 3.63) is 12.2 Å². The minimum atomic E-state index is -1.01. The number of ether oxygens (including phenoxy) is 2. The average Bonchev–Trinajstić information content (AvgIpc) is 2.31. The Balaban J connectivity index is 4.48. The lowest BCUT2D eigenvalue weighted by Gasteiger charge is -2.13. The van der Waals surface area contributed by atoms with Crippen LogP contribution in [-0.2, 0) is 23.9 Å². The summed E-state index contributed by atoms with van der Waals surface area (Å²) < 4.78 is 8.98. The zero-order chi connectivity index (χ0) is 13.4. The third kappa shape index (κ3) is 5.70. The standard InChI is InChI=1S/C11H16O6/c1-7(10(14)16-2)6-8(11(15)17-3)4-5-9(12)13/h8H,1,4-6H2,2-3H3,(H,12,13). The Kier molecular flexibility index (Phi) is 6.62. The molecule has 1 unspecified atom stereocenters. The molecule has 0 rings (SSSR count). The first-order chi connectivity index (χ1) is 7.92. The molecule has 0 fully saturated rings. The van der Waals surface area contributed by atoms with Gasteiger partial charge >= 0.3 is 17.9 Å². The minimum absolute atomic E-state index is 0.0344. The summed E-state index contributed by atoms with van der Waals surface area (Å²) in [5.41, 5.74) is 0.119. The van der Waals surface area contributed by atoms with E-state index in [0.717, 1.165) is 0 Å². The van der Waals surface area contributed by atoms with Crippen LogP contribution in [0.25, 0.3) is 0 Å². The quantitative estimate of drug-likeness (QED) is 0.525. The fourth-order valence-corrected chi connectivity index (χ4v) is 1.29. The molecule has 0 aromatic rings. The summed E-state index contributed by atoms with van der Waals surface area (Å²) in [5, 5.41) is 8.54. The van der Waals surface area contributed by atoms with Gasteiger partial charge in [-0.05, 0) is 12.8 Å². The number of rotatable bonds is 7. The Hall–Kier alpha value is -1.85. The number of hydrogen-bond donors (Lipinski definition) is 1. The summed E-state index contributed by atoms with van der Waals surface area (Å²) in [6, 6.07) is 0. The van der Waals surface area contributed by atoms with Crippen molar-refractivity contribution in [1.29, 1.82) is 0 Å². The lowest BCUT2D eigenvalue weighted by molar-refractivity contribution is -0.146. The van der Waals surface area contributed by atoms with Crippen LogP contribution in [0.5, 0.6) is 0 Å². The molecule has 0 aliphatic rings. The van der Waals surface area contributed by atoms with Crippen LogP contribution in [0.2, 0.25) is 0 Å². The van der Waals surface area contributed by atoms with Gasteiger partial charge in [-0.3, -0.25) is 9.59 Å². The molecule has 0 amide bonds. The minimum Gasteiger partial charge on any atom is -0.481 e. The van der Waals surface area contributed by atoms with Crippen molar-refractivity contribution in [3.63, 3.8) is 0 Å². The molecular weight excluding hydrogens is 228 g/mol. The number of methoxy groups -OCH3 is 2. The van der Waals surface area contributed by atoms with Gasteiger partial charge in [0.25, 0.3) is 0 Å². The summed E-state index contributed by atoms with van der Waals surface area (Å²) in [6.45, 7) is 3.48. The molecule has 0 spiro atoms. The Morgan fingerprint density at radius 3 is 2.24 bits per heavy atom. The third-order valence-corrected chi connectivity index (χ3v) is 2.21. The first kappa shape index (κ1) is 15.2. The van der Waals surface area contributed by atoms with Gasteiger partial charge in [0.1, 0.15) is 0 Å². The second kappa shape index (κ2) is 7.43. The van der Waals surface area contributed by atoms with E-state index in [0.29, 0.717) is 0 Å². The molecule has 0 saturated heterocycles. The number of esters is 2. The van der Waals surface area contributed by atoms with Crippen LogP contribution in [-0.4, -0.2) is 37.2 Å². The van der Waals surface area contributed by atoms with Gasteiger partial charge < -0.3 is 14.6 Å². The van der Waals surface area contributed by atoms with Crippen molar-refractivity contribution in [1.82, 2.24) is 0 Å². The van der Waals surface area contributed by atoms with E-state index in [2.05, 4.69) is 16.1 Å². The van der Waals surface area contributed by atoms with Gasteiger partial charge in [0.15, 0.2) is 0 Å². The molecule has 6 nitrogen and oxygen atoms in total. The van der Waals surface area contributed by atoms with Gasteiger partial charge in [-0.1, -0.05) is 6.58 Å². The van der Waals surface area contributed by atoms with Crippen LogP contribution in [0.1, 0.15) is 19.3 Å². The van der Waals surface area contributed by atoms with E-state index in [4.69, 9.17) is 5.11 Å². The molecule has 96 valence electrons. The topological polar surface area (TPSA) is 89.9 Å². The molecule has 0 aliphatic heterocycles. The first-order valence-corrected chi connectivity index (χ1v) is 4.98. The largest absolute Gasteiger partial charge is 0.481 e. The highest BCUT2D eigenvalue weighted by Crippen LogP contribution is 2.18. The highest BCUT2D eigenvalue weighted by molar-refractivity contribution is 5.88. The lowest BCUT2D eigenvalue weighted by atomic mass is 9.95. The second-order valence-corrected chi connectivity index (χ2v) is 3.45. The molecular formula is C11H16O6. The van der Waals surface area contributed by atoms with Crippen molar-refractivity contribution in [3.8, 4) is 0 Å². The van der Waals surface area contributed by atoms with Crippen molar-refractivity contribution in [2.24, 2.45) is 5.92 Å². The lowest BCUT2D eigenvalue weighted by Crippen LogP contribution is -2.20. The Labute approximate surface area is 99.2 Å². The molecule has 6 heteroatoms. The zero-order valence-electron chi connectivity index (χ0n) is 9.89. The fourth-order valence-electron chi connectivity index (χ4n) is 1.29. The predicted octanol–water partition coefficient (Wildman–Crippen LogP) is 0.760. The fraction of sp³-hybridized carbons (Fsp3) is 0.545. The van der Waals surface area contributed by atoms with E-state index in [9.17, 15) is 14.4 Å². The van der Waals surface area contributed by atoms with Crippen LogP contribution in [0.4, 0.5) is 0 Å². The number of hydrogen-bond acceptors (Lipinski definition) is 5. The summed E-state index contributed by atoms with van der Waals surface area (Å²) >= 11 is 0. The molecule has 17 heavy (non-hydrogen) atoms. The van der Waals surface area contributed by atoms with Crippen LogP contribution in [0.15, 0.2) is 12.2 Å². The average molecular weight is 244 g/mol. The normalized spacial score (nSPS) is 11.4. The van der Waals surface area contributed by atoms with E-state index in [1.54, 1.807) is 0 Å². The summed E-state index contributed by atoms with van der Waals surface area (Å²) in [7, 11) is 2.41. The van der Waals surface area contributed by atoms with Gasteiger partial charge in [0.2, 0.25) is 0 Å². The molecule has 1 N–H and O–H groups in total. The number of aliphatic carboxylic acids is 1. The number of carboxylic acid groups (broad SMARTS) is 1. The van der Waals surface area contributed by atoms with Crippen molar-refractivity contribution < 1.29 is 29.0 Å². The molecule has 0 aliphatic carbocycles. The van der Waals surface area contributed by atoms with Gasteiger partial charge in [-0.2, -0.15) is 0 Å². The summed E-state index contributed by atoms with van der Waals surface area (Å²) in [4.78, 5) is 32.9. The van der Waals surface area contributed by atoms with Crippen LogP contribution < -0.4 is 0 Å². The summed E-state index contributed by atoms with van der Waals surface area (Å²) in [5.74, 6) is -2.88.